The van der Waals surface area contributed by atoms with Crippen LogP contribution in [-0.4, -0.2) is 35.3 Å². The second kappa shape index (κ2) is 10.9. The maximum atomic E-state index is 5.95. The van der Waals surface area contributed by atoms with Crippen molar-refractivity contribution in [3.8, 4) is 5.75 Å². The molecule has 0 aliphatic rings. The number of aliphatic imine (C=N–C) groups is 1. The van der Waals surface area contributed by atoms with Gasteiger partial charge >= 0.3 is 0 Å². The summed E-state index contributed by atoms with van der Waals surface area (Å²) in [5.41, 5.74) is 1.12. The van der Waals surface area contributed by atoms with Gasteiger partial charge in [-0.15, -0.1) is 24.0 Å². The molecule has 0 amide bonds. The highest BCUT2D eigenvalue weighted by Gasteiger charge is 2.08. The normalized spacial score (nSPS) is 12.2. The Labute approximate surface area is 165 Å². The quantitative estimate of drug-likeness (QED) is 0.377. The van der Waals surface area contributed by atoms with Gasteiger partial charge in [0.25, 0.3) is 0 Å². The molecule has 138 valence electrons. The fraction of sp³-hybridized carbons (Fsp3) is 0.471. The molecular formula is C17H26IN5O2. The fourth-order valence-corrected chi connectivity index (χ4v) is 2.08. The van der Waals surface area contributed by atoms with Crippen LogP contribution in [0.25, 0.3) is 0 Å². The molecule has 1 heterocycles. The SMILES string of the molecule is CCNC(=NCc1nc(C)no1)NCC(C)Oc1ccccc1C.I. The number of para-hydroxylation sites is 1. The predicted molar refractivity (Wildman–Crippen MR) is 109 cm³/mol. The summed E-state index contributed by atoms with van der Waals surface area (Å²) in [6.45, 7) is 9.58. The molecule has 0 radical (unpaired) electrons. The lowest BCUT2D eigenvalue weighted by molar-refractivity contribution is 0.222. The van der Waals surface area contributed by atoms with E-state index in [4.69, 9.17) is 9.26 Å². The number of rotatable bonds is 7. The Morgan fingerprint density at radius 1 is 1.28 bits per heavy atom. The minimum atomic E-state index is 0. The summed E-state index contributed by atoms with van der Waals surface area (Å²) in [7, 11) is 0. The van der Waals surface area contributed by atoms with Crippen molar-refractivity contribution in [2.45, 2.75) is 40.3 Å². The van der Waals surface area contributed by atoms with E-state index >= 15 is 0 Å². The largest absolute Gasteiger partial charge is 0.489 e. The molecule has 8 heteroatoms. The molecule has 1 aromatic heterocycles. The van der Waals surface area contributed by atoms with E-state index in [1.54, 1.807) is 6.92 Å². The summed E-state index contributed by atoms with van der Waals surface area (Å²) in [5.74, 6) is 2.69. The van der Waals surface area contributed by atoms with Gasteiger partial charge < -0.3 is 19.9 Å². The Morgan fingerprint density at radius 3 is 2.68 bits per heavy atom. The van der Waals surface area contributed by atoms with Gasteiger partial charge in [-0.25, -0.2) is 4.99 Å². The Kier molecular flexibility index (Phi) is 9.25. The molecule has 0 saturated heterocycles. The lowest BCUT2D eigenvalue weighted by Gasteiger charge is -2.18. The van der Waals surface area contributed by atoms with E-state index in [1.807, 2.05) is 45.0 Å². The van der Waals surface area contributed by atoms with Crippen molar-refractivity contribution >= 4 is 29.9 Å². The van der Waals surface area contributed by atoms with Gasteiger partial charge in [-0.05, 0) is 39.3 Å². The maximum absolute atomic E-state index is 5.95. The van der Waals surface area contributed by atoms with Crippen molar-refractivity contribution in [3.05, 3.63) is 41.5 Å². The molecule has 25 heavy (non-hydrogen) atoms. The summed E-state index contributed by atoms with van der Waals surface area (Å²) in [6, 6.07) is 7.98. The number of halogens is 1. The molecule has 1 aromatic carbocycles. The van der Waals surface area contributed by atoms with Crippen molar-refractivity contribution in [2.75, 3.05) is 13.1 Å². The molecule has 1 atom stereocenters. The lowest BCUT2D eigenvalue weighted by atomic mass is 10.2. The number of hydrogen-bond donors (Lipinski definition) is 2. The van der Waals surface area contributed by atoms with Gasteiger partial charge in [0.1, 0.15) is 18.4 Å². The topological polar surface area (TPSA) is 84.6 Å². The van der Waals surface area contributed by atoms with Gasteiger partial charge in [-0.2, -0.15) is 4.98 Å². The molecule has 0 saturated carbocycles. The van der Waals surface area contributed by atoms with Crippen molar-refractivity contribution < 1.29 is 9.26 Å². The average Bonchev–Trinajstić information content (AvgIpc) is 2.98. The second-order valence-electron chi connectivity index (χ2n) is 5.51. The first-order chi connectivity index (χ1) is 11.6. The van der Waals surface area contributed by atoms with Crippen LogP contribution in [0.15, 0.2) is 33.8 Å². The van der Waals surface area contributed by atoms with Crippen molar-refractivity contribution in [3.63, 3.8) is 0 Å². The molecule has 7 nitrogen and oxygen atoms in total. The number of nitrogens with one attached hydrogen (secondary N) is 2. The first-order valence-electron chi connectivity index (χ1n) is 8.12. The van der Waals surface area contributed by atoms with Gasteiger partial charge in [0.15, 0.2) is 11.8 Å². The van der Waals surface area contributed by atoms with Crippen molar-refractivity contribution in [2.24, 2.45) is 4.99 Å². The molecular weight excluding hydrogens is 433 g/mol. The van der Waals surface area contributed by atoms with E-state index in [2.05, 4.69) is 25.8 Å². The van der Waals surface area contributed by atoms with E-state index in [9.17, 15) is 0 Å². The molecule has 0 bridgehead atoms. The zero-order valence-corrected chi connectivity index (χ0v) is 17.4. The number of guanidine groups is 1. The zero-order chi connectivity index (χ0) is 17.4. The highest BCUT2D eigenvalue weighted by molar-refractivity contribution is 14.0. The van der Waals surface area contributed by atoms with E-state index < -0.39 is 0 Å². The minimum absolute atomic E-state index is 0. The fourth-order valence-electron chi connectivity index (χ4n) is 2.08. The van der Waals surface area contributed by atoms with Crippen LogP contribution in [0.1, 0.15) is 31.1 Å². The molecule has 2 rings (SSSR count). The number of aromatic nitrogens is 2. The van der Waals surface area contributed by atoms with E-state index in [-0.39, 0.29) is 30.1 Å². The second-order valence-corrected chi connectivity index (χ2v) is 5.51. The summed E-state index contributed by atoms with van der Waals surface area (Å²) in [4.78, 5) is 8.57. The number of hydrogen-bond acceptors (Lipinski definition) is 5. The van der Waals surface area contributed by atoms with Gasteiger partial charge in [0, 0.05) is 6.54 Å². The van der Waals surface area contributed by atoms with Crippen LogP contribution in [0.2, 0.25) is 0 Å². The predicted octanol–water partition coefficient (Wildman–Crippen LogP) is 2.83. The number of aryl methyl sites for hydroxylation is 2. The molecule has 0 aliphatic heterocycles. The molecule has 2 aromatic rings. The minimum Gasteiger partial charge on any atom is -0.489 e. The Bertz CT molecular complexity index is 675. The van der Waals surface area contributed by atoms with E-state index in [0.717, 1.165) is 17.9 Å². The summed E-state index contributed by atoms with van der Waals surface area (Å²) >= 11 is 0. The Balaban J connectivity index is 0.00000312. The first-order valence-corrected chi connectivity index (χ1v) is 8.12. The van der Waals surface area contributed by atoms with E-state index in [1.165, 1.54) is 0 Å². The zero-order valence-electron chi connectivity index (χ0n) is 15.1. The highest BCUT2D eigenvalue weighted by Crippen LogP contribution is 2.17. The van der Waals surface area contributed by atoms with Gasteiger partial charge in [0.05, 0.1) is 6.54 Å². The first kappa shape index (κ1) is 21.2. The van der Waals surface area contributed by atoms with Crippen LogP contribution in [0.4, 0.5) is 0 Å². The summed E-state index contributed by atoms with van der Waals surface area (Å²) in [6.07, 6.45) is 0.000560. The number of benzene rings is 1. The van der Waals surface area contributed by atoms with Crippen molar-refractivity contribution in [1.82, 2.24) is 20.8 Å². The van der Waals surface area contributed by atoms with E-state index in [0.29, 0.717) is 30.8 Å². The lowest BCUT2D eigenvalue weighted by Crippen LogP contribution is -2.41. The smallest absolute Gasteiger partial charge is 0.248 e. The molecule has 0 spiro atoms. The third-order valence-electron chi connectivity index (χ3n) is 3.26. The monoisotopic (exact) mass is 459 g/mol. The number of ether oxygens (including phenoxy) is 1. The highest BCUT2D eigenvalue weighted by atomic mass is 127. The van der Waals surface area contributed by atoms with Crippen LogP contribution in [0, 0.1) is 13.8 Å². The molecule has 0 aliphatic carbocycles. The van der Waals surface area contributed by atoms with Gasteiger partial charge in [-0.1, -0.05) is 23.4 Å². The van der Waals surface area contributed by atoms with Gasteiger partial charge in [-0.3, -0.25) is 0 Å². The molecule has 0 fully saturated rings. The van der Waals surface area contributed by atoms with Crippen LogP contribution in [0.5, 0.6) is 5.75 Å². The Morgan fingerprint density at radius 2 is 2.04 bits per heavy atom. The van der Waals surface area contributed by atoms with Crippen LogP contribution >= 0.6 is 24.0 Å². The maximum Gasteiger partial charge on any atom is 0.248 e. The van der Waals surface area contributed by atoms with Crippen LogP contribution in [-0.2, 0) is 6.54 Å². The summed E-state index contributed by atoms with van der Waals surface area (Å²) in [5, 5.41) is 10.2. The average molecular weight is 459 g/mol. The Hall–Kier alpha value is -1.84. The van der Waals surface area contributed by atoms with Crippen molar-refractivity contribution in [1.29, 1.82) is 0 Å². The summed E-state index contributed by atoms with van der Waals surface area (Å²) < 4.78 is 11.0. The van der Waals surface area contributed by atoms with Crippen LogP contribution < -0.4 is 15.4 Å². The van der Waals surface area contributed by atoms with Crippen LogP contribution in [0.3, 0.4) is 0 Å². The molecule has 1 unspecified atom stereocenters. The third-order valence-corrected chi connectivity index (χ3v) is 3.26. The molecule has 2 N–H and O–H groups in total. The standard InChI is InChI=1S/C17H25N5O2.HI/c1-5-18-17(20-11-16-21-14(4)22-24-16)19-10-13(3)23-15-9-7-6-8-12(15)2;/h6-9,13H,5,10-11H2,1-4H3,(H2,18,19,20);1H. The number of nitrogens with zero attached hydrogens (tertiary/aromatic N) is 3. The van der Waals surface area contributed by atoms with Gasteiger partial charge in [0.2, 0.25) is 5.89 Å². The third kappa shape index (κ3) is 7.29.